The zero-order valence-electron chi connectivity index (χ0n) is 20.3. The van der Waals surface area contributed by atoms with Gasteiger partial charge in [-0.2, -0.15) is 17.9 Å². The highest BCUT2D eigenvalue weighted by Crippen LogP contribution is 2.23. The molecule has 0 fully saturated rings. The van der Waals surface area contributed by atoms with Gasteiger partial charge in [0.05, 0.1) is 6.07 Å². The highest BCUT2D eigenvalue weighted by Gasteiger charge is 2.36. The molecule has 0 aromatic heterocycles. The zero-order chi connectivity index (χ0) is 25.2. The van der Waals surface area contributed by atoms with Crippen molar-refractivity contribution < 1.29 is 19.1 Å². The lowest BCUT2D eigenvalue weighted by Gasteiger charge is -2.33. The molecule has 2 N–H and O–H groups in total. The maximum absolute atomic E-state index is 13.4. The molecule has 0 aliphatic carbocycles. The normalized spacial score (nSPS) is 13.8. The number of carbonyl (C=O) groups excluding carboxylic acids is 3. The largest absolute Gasteiger partial charge is 0.444 e. The number of nitrogens with zero attached hydrogens (tertiary/aromatic N) is 2. The Bertz CT molecular complexity index is 846. The van der Waals surface area contributed by atoms with Crippen LogP contribution in [-0.4, -0.2) is 52.8 Å². The molecule has 9 heteroatoms. The van der Waals surface area contributed by atoms with Gasteiger partial charge in [-0.3, -0.25) is 9.59 Å². The molecule has 0 saturated heterocycles. The van der Waals surface area contributed by atoms with Gasteiger partial charge in [0.2, 0.25) is 11.8 Å². The van der Waals surface area contributed by atoms with Crippen molar-refractivity contribution in [2.45, 2.75) is 78.1 Å². The van der Waals surface area contributed by atoms with Crippen molar-refractivity contribution in [2.75, 3.05) is 12.3 Å². The Morgan fingerprint density at radius 2 is 1.79 bits per heavy atom. The maximum atomic E-state index is 13.4. The monoisotopic (exact) mass is 476 g/mol. The van der Waals surface area contributed by atoms with Crippen LogP contribution in [0.25, 0.3) is 0 Å². The average molecular weight is 477 g/mol. The Hall–Kier alpha value is -2.73. The second-order valence-electron chi connectivity index (χ2n) is 9.02. The van der Waals surface area contributed by atoms with Crippen LogP contribution in [0.3, 0.4) is 0 Å². The predicted molar refractivity (Wildman–Crippen MR) is 131 cm³/mol. The lowest BCUT2D eigenvalue weighted by Crippen LogP contribution is -2.54. The average Bonchev–Trinajstić information content (AvgIpc) is 2.71. The molecule has 182 valence electrons. The van der Waals surface area contributed by atoms with Crippen LogP contribution in [-0.2, 0) is 14.3 Å². The Balaban J connectivity index is 3.31. The van der Waals surface area contributed by atoms with Gasteiger partial charge in [0.1, 0.15) is 24.2 Å². The van der Waals surface area contributed by atoms with E-state index in [1.54, 1.807) is 32.9 Å². The van der Waals surface area contributed by atoms with Crippen LogP contribution in [0, 0.1) is 18.3 Å². The summed E-state index contributed by atoms with van der Waals surface area (Å²) < 4.78 is 5.25. The number of amides is 3. The first-order valence-electron chi connectivity index (χ1n) is 11.1. The summed E-state index contributed by atoms with van der Waals surface area (Å²) in [7, 11) is 0. The lowest BCUT2D eigenvalue weighted by atomic mass is 10.0. The molecule has 1 rings (SSSR count). The lowest BCUT2D eigenvalue weighted by molar-refractivity contribution is -0.141. The molecule has 33 heavy (non-hydrogen) atoms. The van der Waals surface area contributed by atoms with E-state index in [-0.39, 0.29) is 18.3 Å². The van der Waals surface area contributed by atoms with Gasteiger partial charge in [0, 0.05) is 11.8 Å². The molecule has 3 unspecified atom stereocenters. The van der Waals surface area contributed by atoms with Crippen LogP contribution in [0.2, 0.25) is 0 Å². The molecule has 0 heterocycles. The number of hydrogen-bond donors (Lipinski definition) is 3. The van der Waals surface area contributed by atoms with Gasteiger partial charge in [-0.1, -0.05) is 43.2 Å². The van der Waals surface area contributed by atoms with Crippen LogP contribution in [0.5, 0.6) is 0 Å². The van der Waals surface area contributed by atoms with Gasteiger partial charge in [0.25, 0.3) is 0 Å². The summed E-state index contributed by atoms with van der Waals surface area (Å²) in [6, 6.07) is 6.96. The van der Waals surface area contributed by atoms with Crippen molar-refractivity contribution in [3.05, 3.63) is 35.4 Å². The van der Waals surface area contributed by atoms with Gasteiger partial charge < -0.3 is 20.3 Å². The Labute approximate surface area is 202 Å². The van der Waals surface area contributed by atoms with Gasteiger partial charge in [-0.25, -0.2) is 4.79 Å². The summed E-state index contributed by atoms with van der Waals surface area (Å²) in [4.78, 5) is 40.2. The first-order chi connectivity index (χ1) is 15.4. The summed E-state index contributed by atoms with van der Waals surface area (Å²) in [5.41, 5.74) is 0.816. The van der Waals surface area contributed by atoms with Crippen molar-refractivity contribution in [3.8, 4) is 6.07 Å². The highest BCUT2D eigenvalue weighted by molar-refractivity contribution is 7.80. The molecule has 3 atom stereocenters. The number of nitriles is 1. The van der Waals surface area contributed by atoms with Gasteiger partial charge >= 0.3 is 6.09 Å². The molecule has 0 saturated carbocycles. The summed E-state index contributed by atoms with van der Waals surface area (Å²) in [6.07, 6.45) is 0.886. The Kier molecular flexibility index (Phi) is 11.2. The molecular formula is C24H36N4O4S. The van der Waals surface area contributed by atoms with Crippen LogP contribution in [0.15, 0.2) is 24.3 Å². The van der Waals surface area contributed by atoms with Crippen molar-refractivity contribution in [2.24, 2.45) is 0 Å². The second-order valence-corrected chi connectivity index (χ2v) is 9.38. The third-order valence-corrected chi connectivity index (χ3v) is 5.12. The standard InChI is InChI=1S/C24H36N4O4S/c1-7-8-17(3)26-21(29)20(18-11-9-16(2)10-12-18)28(14-13-25)22(30)19(15-33)27-23(31)32-24(4,5)6/h9-12,17,19-20,33H,7-8,14-15H2,1-6H3,(H,26,29)(H,27,31). The number of carbonyl (C=O) groups is 3. The minimum atomic E-state index is -1.08. The third-order valence-electron chi connectivity index (χ3n) is 4.76. The number of rotatable bonds is 10. The first-order valence-corrected chi connectivity index (χ1v) is 11.7. The van der Waals surface area contributed by atoms with E-state index in [0.717, 1.165) is 18.4 Å². The fourth-order valence-corrected chi connectivity index (χ4v) is 3.50. The van der Waals surface area contributed by atoms with E-state index in [1.807, 2.05) is 39.0 Å². The smallest absolute Gasteiger partial charge is 0.408 e. The van der Waals surface area contributed by atoms with Crippen molar-refractivity contribution in [3.63, 3.8) is 0 Å². The van der Waals surface area contributed by atoms with Crippen molar-refractivity contribution >= 4 is 30.5 Å². The van der Waals surface area contributed by atoms with E-state index >= 15 is 0 Å². The molecule has 1 aromatic carbocycles. The second kappa shape index (κ2) is 13.1. The highest BCUT2D eigenvalue weighted by atomic mass is 32.1. The van der Waals surface area contributed by atoms with Crippen LogP contribution >= 0.6 is 12.6 Å². The molecule has 0 aliphatic rings. The minimum absolute atomic E-state index is 0.0333. The van der Waals surface area contributed by atoms with E-state index in [1.165, 1.54) is 4.90 Å². The maximum Gasteiger partial charge on any atom is 0.408 e. The summed E-state index contributed by atoms with van der Waals surface area (Å²) in [6.45, 7) is 10.6. The molecule has 3 amide bonds. The molecular weight excluding hydrogens is 440 g/mol. The molecule has 1 aromatic rings. The topological polar surface area (TPSA) is 112 Å². The summed E-state index contributed by atoms with van der Waals surface area (Å²) >= 11 is 4.21. The third kappa shape index (κ3) is 9.34. The number of nitrogens with one attached hydrogen (secondary N) is 2. The van der Waals surface area contributed by atoms with Crippen molar-refractivity contribution in [1.29, 1.82) is 5.26 Å². The number of thiol groups is 1. The number of hydrogen-bond acceptors (Lipinski definition) is 6. The fourth-order valence-electron chi connectivity index (χ4n) is 3.26. The zero-order valence-corrected chi connectivity index (χ0v) is 21.2. The number of alkyl carbamates (subject to hydrolysis) is 1. The van der Waals surface area contributed by atoms with E-state index in [4.69, 9.17) is 4.74 Å². The van der Waals surface area contributed by atoms with E-state index in [9.17, 15) is 19.6 Å². The SMILES string of the molecule is CCCC(C)NC(=O)C(c1ccc(C)cc1)N(CC#N)C(=O)C(CS)NC(=O)OC(C)(C)C. The predicted octanol–water partition coefficient (Wildman–Crippen LogP) is 3.52. The number of benzene rings is 1. The van der Waals surface area contributed by atoms with Crippen molar-refractivity contribution in [1.82, 2.24) is 15.5 Å². The quantitative estimate of drug-likeness (QED) is 0.353. The van der Waals surface area contributed by atoms with Crippen LogP contribution in [0.1, 0.15) is 64.6 Å². The molecule has 0 aliphatic heterocycles. The van der Waals surface area contributed by atoms with E-state index < -0.39 is 35.6 Å². The molecule has 8 nitrogen and oxygen atoms in total. The van der Waals surface area contributed by atoms with Gasteiger partial charge in [0.15, 0.2) is 0 Å². The van der Waals surface area contributed by atoms with Gasteiger partial charge in [-0.05, 0) is 46.6 Å². The number of aryl methyl sites for hydroxylation is 1. The first kappa shape index (κ1) is 28.3. The molecule has 0 radical (unpaired) electrons. The number of ether oxygens (including phenoxy) is 1. The van der Waals surface area contributed by atoms with E-state index in [2.05, 4.69) is 23.3 Å². The summed E-state index contributed by atoms with van der Waals surface area (Å²) in [5, 5.41) is 14.9. The summed E-state index contributed by atoms with van der Waals surface area (Å²) in [5.74, 6) is -1.02. The van der Waals surface area contributed by atoms with E-state index in [0.29, 0.717) is 5.56 Å². The van der Waals surface area contributed by atoms with Crippen LogP contribution in [0.4, 0.5) is 4.79 Å². The minimum Gasteiger partial charge on any atom is -0.444 e. The van der Waals surface area contributed by atoms with Gasteiger partial charge in [-0.15, -0.1) is 0 Å². The fraction of sp³-hybridized carbons (Fsp3) is 0.583. The Morgan fingerprint density at radius 1 is 1.18 bits per heavy atom. The molecule has 0 spiro atoms. The van der Waals surface area contributed by atoms with Crippen LogP contribution < -0.4 is 10.6 Å². The molecule has 0 bridgehead atoms. The Morgan fingerprint density at radius 3 is 2.27 bits per heavy atom.